The molecule has 1 aliphatic rings. The van der Waals surface area contributed by atoms with Gasteiger partial charge in [0.1, 0.15) is 4.90 Å². The van der Waals surface area contributed by atoms with Crippen LogP contribution in [0.25, 0.3) is 0 Å². The number of rotatable bonds is 6. The SMILES string of the molecule is CC1CCCCN1CCCNS(=O)(=O)c1cnc(Cl)nc1. The molecular weight excluding hydrogens is 312 g/mol. The standard InChI is InChI=1S/C13H21ClN4O2S/c1-11-5-2-3-7-18(11)8-4-6-17-21(19,20)12-9-15-13(14)16-10-12/h9-11,17H,2-8H2,1H3. The second kappa shape index (κ2) is 7.49. The van der Waals surface area contributed by atoms with Crippen molar-refractivity contribution in [3.63, 3.8) is 0 Å². The van der Waals surface area contributed by atoms with Gasteiger partial charge in [0, 0.05) is 12.6 Å². The second-order valence-electron chi connectivity index (χ2n) is 5.32. The van der Waals surface area contributed by atoms with Crippen LogP contribution in [0.15, 0.2) is 17.3 Å². The molecule has 118 valence electrons. The van der Waals surface area contributed by atoms with Gasteiger partial charge in [0.25, 0.3) is 0 Å². The van der Waals surface area contributed by atoms with Gasteiger partial charge in [-0.1, -0.05) is 6.42 Å². The molecule has 1 unspecified atom stereocenters. The minimum atomic E-state index is -3.55. The first-order valence-corrected chi connectivity index (χ1v) is 9.06. The van der Waals surface area contributed by atoms with Gasteiger partial charge in [-0.05, 0) is 50.9 Å². The molecule has 1 fully saturated rings. The van der Waals surface area contributed by atoms with Gasteiger partial charge in [-0.25, -0.2) is 23.1 Å². The summed E-state index contributed by atoms with van der Waals surface area (Å²) < 4.78 is 26.6. The van der Waals surface area contributed by atoms with E-state index in [1.54, 1.807) is 0 Å². The summed E-state index contributed by atoms with van der Waals surface area (Å²) in [5, 5.41) is 0.0352. The maximum absolute atomic E-state index is 12.0. The van der Waals surface area contributed by atoms with Crippen molar-refractivity contribution in [3.8, 4) is 0 Å². The molecule has 1 N–H and O–H groups in total. The predicted molar refractivity (Wildman–Crippen MR) is 81.7 cm³/mol. The average molecular weight is 333 g/mol. The van der Waals surface area contributed by atoms with Crippen LogP contribution in [0.3, 0.4) is 0 Å². The molecule has 1 aromatic rings. The lowest BCUT2D eigenvalue weighted by Crippen LogP contribution is -2.39. The van der Waals surface area contributed by atoms with E-state index in [0.29, 0.717) is 12.6 Å². The van der Waals surface area contributed by atoms with E-state index in [4.69, 9.17) is 11.6 Å². The van der Waals surface area contributed by atoms with E-state index in [-0.39, 0.29) is 10.2 Å². The summed E-state index contributed by atoms with van der Waals surface area (Å²) in [4.78, 5) is 9.83. The topological polar surface area (TPSA) is 75.2 Å². The minimum Gasteiger partial charge on any atom is -0.301 e. The van der Waals surface area contributed by atoms with Gasteiger partial charge < -0.3 is 4.90 Å². The zero-order valence-electron chi connectivity index (χ0n) is 12.1. The number of likely N-dealkylation sites (tertiary alicyclic amines) is 1. The monoisotopic (exact) mass is 332 g/mol. The number of hydrogen-bond donors (Lipinski definition) is 1. The highest BCUT2D eigenvalue weighted by atomic mass is 35.5. The fourth-order valence-corrected chi connectivity index (χ4v) is 3.56. The third kappa shape index (κ3) is 4.88. The summed E-state index contributed by atoms with van der Waals surface area (Å²) >= 11 is 5.55. The first-order valence-electron chi connectivity index (χ1n) is 7.20. The van der Waals surface area contributed by atoms with Gasteiger partial charge >= 0.3 is 0 Å². The van der Waals surface area contributed by atoms with Crippen LogP contribution in [-0.4, -0.2) is 49.0 Å². The molecule has 1 aromatic heterocycles. The fourth-order valence-electron chi connectivity index (χ4n) is 2.50. The molecule has 0 amide bonds. The Morgan fingerprint density at radius 3 is 2.76 bits per heavy atom. The van der Waals surface area contributed by atoms with Crippen LogP contribution < -0.4 is 4.72 Å². The van der Waals surface area contributed by atoms with Gasteiger partial charge in [-0.15, -0.1) is 0 Å². The molecule has 6 nitrogen and oxygen atoms in total. The third-order valence-corrected chi connectivity index (χ3v) is 5.37. The Morgan fingerprint density at radius 1 is 1.38 bits per heavy atom. The lowest BCUT2D eigenvalue weighted by molar-refractivity contribution is 0.159. The van der Waals surface area contributed by atoms with Crippen molar-refractivity contribution in [1.82, 2.24) is 19.6 Å². The number of hydrogen-bond acceptors (Lipinski definition) is 5. The van der Waals surface area contributed by atoms with Gasteiger partial charge in [0.15, 0.2) is 0 Å². The molecule has 21 heavy (non-hydrogen) atoms. The summed E-state index contributed by atoms with van der Waals surface area (Å²) in [7, 11) is -3.55. The van der Waals surface area contributed by atoms with Crippen molar-refractivity contribution in [2.75, 3.05) is 19.6 Å². The van der Waals surface area contributed by atoms with Gasteiger partial charge in [-0.3, -0.25) is 0 Å². The van der Waals surface area contributed by atoms with E-state index in [1.165, 1.54) is 31.7 Å². The van der Waals surface area contributed by atoms with Crippen molar-refractivity contribution in [2.45, 2.75) is 43.5 Å². The summed E-state index contributed by atoms with van der Waals surface area (Å²) in [6.45, 7) is 4.67. The quantitative estimate of drug-likeness (QED) is 0.633. The molecule has 0 aliphatic carbocycles. The smallest absolute Gasteiger partial charge is 0.243 e. The number of nitrogens with zero attached hydrogens (tertiary/aromatic N) is 3. The second-order valence-corrected chi connectivity index (χ2v) is 7.42. The molecule has 0 spiro atoms. The summed E-state index contributed by atoms with van der Waals surface area (Å²) in [6, 6.07) is 0.597. The van der Waals surface area contributed by atoms with Crippen molar-refractivity contribution in [2.24, 2.45) is 0 Å². The molecule has 0 saturated carbocycles. The van der Waals surface area contributed by atoms with Crippen LogP contribution in [0.4, 0.5) is 0 Å². The molecule has 2 heterocycles. The molecular formula is C13H21ClN4O2S. The van der Waals surface area contributed by atoms with E-state index >= 15 is 0 Å². The first kappa shape index (κ1) is 16.6. The van der Waals surface area contributed by atoms with E-state index in [0.717, 1.165) is 19.5 Å². The third-order valence-electron chi connectivity index (χ3n) is 3.76. The van der Waals surface area contributed by atoms with Crippen LogP contribution >= 0.6 is 11.6 Å². The van der Waals surface area contributed by atoms with Crippen molar-refractivity contribution in [3.05, 3.63) is 17.7 Å². The Bertz CT molecular complexity index is 550. The largest absolute Gasteiger partial charge is 0.301 e. The molecule has 8 heteroatoms. The maximum atomic E-state index is 12.0. The molecule has 2 rings (SSSR count). The Morgan fingerprint density at radius 2 is 2.10 bits per heavy atom. The van der Waals surface area contributed by atoms with Gasteiger partial charge in [-0.2, -0.15) is 0 Å². The van der Waals surface area contributed by atoms with Crippen LogP contribution in [-0.2, 0) is 10.0 Å². The summed E-state index contributed by atoms with van der Waals surface area (Å²) in [6.07, 6.45) is 6.97. The molecule has 0 radical (unpaired) electrons. The number of aromatic nitrogens is 2. The fraction of sp³-hybridized carbons (Fsp3) is 0.692. The number of piperidine rings is 1. The van der Waals surface area contributed by atoms with Crippen molar-refractivity contribution in [1.29, 1.82) is 0 Å². The number of nitrogens with one attached hydrogen (secondary N) is 1. The Balaban J connectivity index is 1.78. The van der Waals surface area contributed by atoms with Crippen LogP contribution in [0.1, 0.15) is 32.6 Å². The van der Waals surface area contributed by atoms with E-state index in [9.17, 15) is 8.42 Å². The normalized spacial score (nSPS) is 20.6. The van der Waals surface area contributed by atoms with E-state index < -0.39 is 10.0 Å². The Labute approximate surface area is 131 Å². The molecule has 1 aliphatic heterocycles. The predicted octanol–water partition coefficient (Wildman–Crippen LogP) is 1.67. The van der Waals surface area contributed by atoms with Crippen LogP contribution in [0.5, 0.6) is 0 Å². The Hall–Kier alpha value is -0.760. The van der Waals surface area contributed by atoms with Gasteiger partial charge in [0.05, 0.1) is 12.4 Å². The van der Waals surface area contributed by atoms with Crippen molar-refractivity contribution < 1.29 is 8.42 Å². The number of sulfonamides is 1. The average Bonchev–Trinajstić information content (AvgIpc) is 2.46. The number of halogens is 1. The zero-order chi connectivity index (χ0) is 15.3. The van der Waals surface area contributed by atoms with E-state index in [2.05, 4.69) is 26.5 Å². The van der Waals surface area contributed by atoms with E-state index in [1.807, 2.05) is 0 Å². The van der Waals surface area contributed by atoms with Crippen molar-refractivity contribution >= 4 is 21.6 Å². The van der Waals surface area contributed by atoms with Crippen LogP contribution in [0, 0.1) is 0 Å². The van der Waals surface area contributed by atoms with Gasteiger partial charge in [0.2, 0.25) is 15.3 Å². The lowest BCUT2D eigenvalue weighted by atomic mass is 10.0. The highest BCUT2D eigenvalue weighted by Crippen LogP contribution is 2.16. The molecule has 1 saturated heterocycles. The molecule has 1 atom stereocenters. The zero-order valence-corrected chi connectivity index (χ0v) is 13.7. The summed E-state index contributed by atoms with van der Waals surface area (Å²) in [5.74, 6) is 0. The molecule has 0 bridgehead atoms. The highest BCUT2D eigenvalue weighted by Gasteiger charge is 2.18. The lowest BCUT2D eigenvalue weighted by Gasteiger charge is -2.33. The highest BCUT2D eigenvalue weighted by molar-refractivity contribution is 7.89. The Kier molecular flexibility index (Phi) is 5.92. The minimum absolute atomic E-state index is 0.0352. The summed E-state index contributed by atoms with van der Waals surface area (Å²) in [5.41, 5.74) is 0. The molecule has 0 aromatic carbocycles. The van der Waals surface area contributed by atoms with Crippen LogP contribution in [0.2, 0.25) is 5.28 Å². The first-order chi connectivity index (χ1) is 9.99. The maximum Gasteiger partial charge on any atom is 0.243 e.